The Bertz CT molecular complexity index is 794. The van der Waals surface area contributed by atoms with Crippen LogP contribution in [0.5, 0.6) is 0 Å². The maximum Gasteiger partial charge on any atom is 0.183 e. The zero-order valence-electron chi connectivity index (χ0n) is 11.0. The van der Waals surface area contributed by atoms with E-state index in [1.807, 2.05) is 0 Å². The Hall–Kier alpha value is -2.19. The Balaban J connectivity index is 1.96. The van der Waals surface area contributed by atoms with E-state index in [-0.39, 0.29) is 16.6 Å². The lowest BCUT2D eigenvalue weighted by Gasteiger charge is -2.03. The first kappa shape index (κ1) is 13.8. The van der Waals surface area contributed by atoms with Crippen LogP contribution in [0.15, 0.2) is 59.5 Å². The number of hydrogen-bond donors (Lipinski definition) is 0. The van der Waals surface area contributed by atoms with Gasteiger partial charge in [0.25, 0.3) is 0 Å². The van der Waals surface area contributed by atoms with Crippen molar-refractivity contribution in [2.24, 2.45) is 5.92 Å². The van der Waals surface area contributed by atoms with Crippen molar-refractivity contribution in [2.45, 2.75) is 16.1 Å². The van der Waals surface area contributed by atoms with E-state index < -0.39 is 21.0 Å². The van der Waals surface area contributed by atoms with E-state index in [1.165, 1.54) is 24.3 Å². The second kappa shape index (κ2) is 4.97. The highest BCUT2D eigenvalue weighted by Gasteiger charge is 2.59. The summed E-state index contributed by atoms with van der Waals surface area (Å²) in [5.41, 5.74) is 0.687. The summed E-state index contributed by atoms with van der Waals surface area (Å²) in [6.45, 7) is 0. The van der Waals surface area contributed by atoms with Crippen molar-refractivity contribution in [1.82, 2.24) is 0 Å². The van der Waals surface area contributed by atoms with E-state index in [0.717, 1.165) is 0 Å². The molecule has 1 aliphatic carbocycles. The first-order valence-electron chi connectivity index (χ1n) is 6.50. The summed E-state index contributed by atoms with van der Waals surface area (Å²) in [6, 6.07) is 15.8. The number of nitrogens with zero attached hydrogens (tertiary/aromatic N) is 1. The third-order valence-corrected chi connectivity index (χ3v) is 6.02. The fourth-order valence-electron chi connectivity index (χ4n) is 2.67. The van der Waals surface area contributed by atoms with Crippen LogP contribution in [0.3, 0.4) is 0 Å². The molecule has 0 bridgehead atoms. The molecule has 3 atom stereocenters. The number of rotatable bonds is 3. The van der Waals surface area contributed by atoms with Gasteiger partial charge in [0.1, 0.15) is 5.82 Å². The van der Waals surface area contributed by atoms with Gasteiger partial charge in [-0.15, -0.1) is 0 Å². The predicted octanol–water partition coefficient (Wildman–Crippen LogP) is 2.91. The first-order valence-corrected chi connectivity index (χ1v) is 8.04. The fraction of sp³-hybridized carbons (Fsp3) is 0.188. The Labute approximate surface area is 122 Å². The molecule has 0 unspecified atom stereocenters. The van der Waals surface area contributed by atoms with Crippen molar-refractivity contribution in [3.63, 3.8) is 0 Å². The van der Waals surface area contributed by atoms with Crippen LogP contribution < -0.4 is 0 Å². The molecule has 21 heavy (non-hydrogen) atoms. The van der Waals surface area contributed by atoms with Crippen LogP contribution in [0.25, 0.3) is 0 Å². The molecule has 0 heterocycles. The van der Waals surface area contributed by atoms with Gasteiger partial charge in [-0.1, -0.05) is 30.3 Å². The molecule has 3 rings (SSSR count). The molecule has 3 nitrogen and oxygen atoms in total. The maximum atomic E-state index is 13.0. The van der Waals surface area contributed by atoms with Crippen molar-refractivity contribution in [3.05, 3.63) is 66.0 Å². The third kappa shape index (κ3) is 2.32. The van der Waals surface area contributed by atoms with E-state index in [2.05, 4.69) is 6.07 Å². The van der Waals surface area contributed by atoms with Crippen LogP contribution >= 0.6 is 0 Å². The van der Waals surface area contributed by atoms with Gasteiger partial charge in [0.2, 0.25) is 0 Å². The van der Waals surface area contributed by atoms with Gasteiger partial charge >= 0.3 is 0 Å². The molecule has 0 amide bonds. The summed E-state index contributed by atoms with van der Waals surface area (Å²) in [4.78, 5) is 0.222. The van der Waals surface area contributed by atoms with Crippen molar-refractivity contribution in [1.29, 1.82) is 5.26 Å². The monoisotopic (exact) mass is 301 g/mol. The second-order valence-electron chi connectivity index (χ2n) is 5.05. The lowest BCUT2D eigenvalue weighted by Crippen LogP contribution is -2.10. The predicted molar refractivity (Wildman–Crippen MR) is 75.7 cm³/mol. The number of nitriles is 1. The number of hydrogen-bond acceptors (Lipinski definition) is 3. The molecule has 1 saturated carbocycles. The summed E-state index contributed by atoms with van der Waals surface area (Å²) in [6.07, 6.45) is 0. The first-order chi connectivity index (χ1) is 10.1. The number of sulfone groups is 1. The summed E-state index contributed by atoms with van der Waals surface area (Å²) in [5, 5.41) is 8.43. The van der Waals surface area contributed by atoms with Crippen LogP contribution in [0.4, 0.5) is 4.39 Å². The maximum absolute atomic E-state index is 13.0. The van der Waals surface area contributed by atoms with E-state index in [4.69, 9.17) is 0 Å². The van der Waals surface area contributed by atoms with Crippen molar-refractivity contribution in [3.8, 4) is 6.07 Å². The molecule has 0 aliphatic heterocycles. The van der Waals surface area contributed by atoms with Crippen LogP contribution in [0.1, 0.15) is 11.5 Å². The normalized spacial score (nSPS) is 24.3. The van der Waals surface area contributed by atoms with Gasteiger partial charge in [-0.2, -0.15) is 5.26 Å². The highest BCUT2D eigenvalue weighted by molar-refractivity contribution is 7.92. The molecule has 0 spiro atoms. The van der Waals surface area contributed by atoms with Gasteiger partial charge in [0.15, 0.2) is 9.84 Å². The zero-order valence-corrected chi connectivity index (χ0v) is 11.8. The SMILES string of the molecule is N#C[C@H]1[C@H](c2ccc(F)cc2)[C@@H]1S(=O)(=O)c1ccccc1. The van der Waals surface area contributed by atoms with Gasteiger partial charge in [0.05, 0.1) is 22.1 Å². The average Bonchev–Trinajstić information content (AvgIpc) is 3.24. The molecule has 2 aromatic carbocycles. The Morgan fingerprint density at radius 1 is 1.00 bits per heavy atom. The standard InChI is InChI=1S/C16H12FNO2S/c17-12-8-6-11(7-9-12)15-14(10-18)16(15)21(19,20)13-4-2-1-3-5-13/h1-9,14-16H/t14-,15-,16+/m0/s1. The largest absolute Gasteiger partial charge is 0.223 e. The highest BCUT2D eigenvalue weighted by Crippen LogP contribution is 2.53. The molecule has 1 fully saturated rings. The fourth-order valence-corrected chi connectivity index (χ4v) is 4.76. The van der Waals surface area contributed by atoms with Gasteiger partial charge in [-0.25, -0.2) is 12.8 Å². The molecule has 0 aromatic heterocycles. The highest BCUT2D eigenvalue weighted by atomic mass is 32.2. The smallest absolute Gasteiger partial charge is 0.183 e. The van der Waals surface area contributed by atoms with E-state index in [1.54, 1.807) is 30.3 Å². The van der Waals surface area contributed by atoms with Crippen LogP contribution in [-0.4, -0.2) is 13.7 Å². The average molecular weight is 301 g/mol. The topological polar surface area (TPSA) is 57.9 Å². The van der Waals surface area contributed by atoms with Crippen LogP contribution in [-0.2, 0) is 9.84 Å². The van der Waals surface area contributed by atoms with Crippen LogP contribution in [0, 0.1) is 23.1 Å². The minimum atomic E-state index is -3.55. The number of benzene rings is 2. The van der Waals surface area contributed by atoms with E-state index in [9.17, 15) is 18.1 Å². The lowest BCUT2D eigenvalue weighted by molar-refractivity contribution is 0.593. The van der Waals surface area contributed by atoms with Gasteiger partial charge in [0, 0.05) is 5.92 Å². The summed E-state index contributed by atoms with van der Waals surface area (Å²) >= 11 is 0. The van der Waals surface area contributed by atoms with Gasteiger partial charge in [-0.05, 0) is 29.8 Å². The quantitative estimate of drug-likeness (QED) is 0.876. The lowest BCUT2D eigenvalue weighted by atomic mass is 10.1. The van der Waals surface area contributed by atoms with E-state index >= 15 is 0 Å². The van der Waals surface area contributed by atoms with Crippen molar-refractivity contribution < 1.29 is 12.8 Å². The molecule has 1 aliphatic rings. The summed E-state index contributed by atoms with van der Waals surface area (Å²) in [7, 11) is -3.55. The molecule has 0 N–H and O–H groups in total. The van der Waals surface area contributed by atoms with Crippen LogP contribution in [0.2, 0.25) is 0 Å². The second-order valence-corrected chi connectivity index (χ2v) is 7.16. The molecular formula is C16H12FNO2S. The molecule has 2 aromatic rings. The molecule has 106 valence electrons. The summed E-state index contributed by atoms with van der Waals surface area (Å²) < 4.78 is 38.1. The minimum absolute atomic E-state index is 0.222. The third-order valence-electron chi connectivity index (χ3n) is 3.79. The Morgan fingerprint density at radius 2 is 1.62 bits per heavy atom. The molecular weight excluding hydrogens is 289 g/mol. The minimum Gasteiger partial charge on any atom is -0.223 e. The van der Waals surface area contributed by atoms with Gasteiger partial charge < -0.3 is 0 Å². The zero-order chi connectivity index (χ0) is 15.0. The number of halogens is 1. The van der Waals surface area contributed by atoms with E-state index in [0.29, 0.717) is 5.56 Å². The molecule has 5 heteroatoms. The van der Waals surface area contributed by atoms with Gasteiger partial charge in [-0.3, -0.25) is 0 Å². The summed E-state index contributed by atoms with van der Waals surface area (Å²) in [5.74, 6) is -1.35. The molecule has 0 saturated heterocycles. The molecule has 0 radical (unpaired) electrons. The van der Waals surface area contributed by atoms with Crippen molar-refractivity contribution >= 4 is 9.84 Å². The Morgan fingerprint density at radius 3 is 2.19 bits per heavy atom. The van der Waals surface area contributed by atoms with Crippen molar-refractivity contribution in [2.75, 3.05) is 0 Å². The Kier molecular flexibility index (Phi) is 3.26.